The summed E-state index contributed by atoms with van der Waals surface area (Å²) in [6, 6.07) is 6.56. The number of carbonyl (C=O) groups excluding carboxylic acids is 1. The number of benzene rings is 1. The Labute approximate surface area is 183 Å². The second kappa shape index (κ2) is 6.93. The molecular formula is C26H40O3Si. The zero-order valence-corrected chi connectivity index (χ0v) is 21.0. The van der Waals surface area contributed by atoms with Gasteiger partial charge in [-0.25, -0.2) is 0 Å². The summed E-state index contributed by atoms with van der Waals surface area (Å²) in [7, 11) is -3.05. The van der Waals surface area contributed by atoms with Crippen molar-refractivity contribution in [3.8, 4) is 5.75 Å². The highest BCUT2D eigenvalue weighted by Crippen LogP contribution is 2.59. The highest BCUT2D eigenvalue weighted by Gasteiger charge is 2.58. The molecule has 0 spiro atoms. The van der Waals surface area contributed by atoms with E-state index in [0.717, 1.165) is 37.9 Å². The maximum atomic E-state index is 12.6. The molecule has 3 nitrogen and oxygen atoms in total. The van der Waals surface area contributed by atoms with E-state index in [-0.39, 0.29) is 15.5 Å². The second-order valence-corrected chi connectivity index (χ2v) is 16.9. The van der Waals surface area contributed by atoms with Gasteiger partial charge in [0.1, 0.15) is 11.5 Å². The topological polar surface area (TPSA) is 46.5 Å². The third-order valence-electron chi connectivity index (χ3n) is 8.71. The number of hydrogen-bond donors (Lipinski definition) is 1. The van der Waals surface area contributed by atoms with E-state index >= 15 is 0 Å². The molecule has 0 aliphatic heterocycles. The zero-order valence-electron chi connectivity index (χ0n) is 20.0. The van der Waals surface area contributed by atoms with Crippen LogP contribution in [0.15, 0.2) is 18.2 Å². The largest absolute Gasteiger partial charge is 0.520 e. The first kappa shape index (κ1) is 22.1. The number of hydrogen-bond acceptors (Lipinski definition) is 3. The fourth-order valence-corrected chi connectivity index (χ4v) is 10.3. The lowest BCUT2D eigenvalue weighted by atomic mass is 9.55. The van der Waals surface area contributed by atoms with Crippen LogP contribution in [0.25, 0.3) is 0 Å². The number of ketones is 1. The van der Waals surface area contributed by atoms with Crippen LogP contribution in [0.5, 0.6) is 5.75 Å². The van der Waals surface area contributed by atoms with Gasteiger partial charge in [0, 0.05) is 21.9 Å². The van der Waals surface area contributed by atoms with Crippen LogP contribution in [0.2, 0.25) is 10.1 Å². The summed E-state index contributed by atoms with van der Waals surface area (Å²) < 4.78 is 6.48. The van der Waals surface area contributed by atoms with Crippen LogP contribution in [0.1, 0.15) is 97.6 Å². The van der Waals surface area contributed by atoms with Crippen molar-refractivity contribution in [2.75, 3.05) is 0 Å². The summed E-state index contributed by atoms with van der Waals surface area (Å²) in [5.41, 5.74) is 2.79. The fraction of sp³-hybridized carbons (Fsp3) is 0.731. The van der Waals surface area contributed by atoms with Crippen LogP contribution in [0.4, 0.5) is 0 Å². The van der Waals surface area contributed by atoms with E-state index in [0.29, 0.717) is 23.5 Å². The van der Waals surface area contributed by atoms with Crippen LogP contribution in [-0.2, 0) is 11.2 Å². The number of aryl methyl sites for hydroxylation is 1. The third kappa shape index (κ3) is 3.21. The van der Waals surface area contributed by atoms with Crippen LogP contribution in [0, 0.1) is 17.3 Å². The van der Waals surface area contributed by atoms with Crippen molar-refractivity contribution in [2.24, 2.45) is 17.3 Å². The van der Waals surface area contributed by atoms with Gasteiger partial charge in [-0.2, -0.15) is 0 Å². The molecule has 1 aromatic carbocycles. The predicted molar refractivity (Wildman–Crippen MR) is 124 cm³/mol. The average molecular weight is 429 g/mol. The lowest BCUT2D eigenvalue weighted by Crippen LogP contribution is -2.57. The minimum Gasteiger partial charge on any atom is -0.520 e. The molecule has 2 saturated carbocycles. The first-order chi connectivity index (χ1) is 13.8. The molecule has 4 heteroatoms. The Kier molecular flexibility index (Phi) is 5.10. The molecule has 4 rings (SSSR count). The van der Waals surface area contributed by atoms with E-state index < -0.39 is 8.56 Å². The molecule has 0 amide bonds. The maximum Gasteiger partial charge on any atom is 0.407 e. The summed E-state index contributed by atoms with van der Waals surface area (Å²) in [6.07, 6.45) is 6.26. The number of fused-ring (bicyclic) bond motifs is 5. The van der Waals surface area contributed by atoms with Gasteiger partial charge in [-0.1, -0.05) is 54.5 Å². The van der Waals surface area contributed by atoms with E-state index in [2.05, 4.69) is 66.7 Å². The summed E-state index contributed by atoms with van der Waals surface area (Å²) >= 11 is 0. The van der Waals surface area contributed by atoms with E-state index in [9.17, 15) is 9.59 Å². The summed E-state index contributed by atoms with van der Waals surface area (Å²) in [5, 5.41) is -0.565. The Morgan fingerprint density at radius 3 is 2.33 bits per heavy atom. The Hall–Kier alpha value is -1.13. The predicted octanol–water partition coefficient (Wildman–Crippen LogP) is 6.53. The standard InChI is InChI=1S/C26H40O3Si/c1-24(2,3)30(28,25(4,5)6)29-18-9-11-19-17(16-18)8-10-21-20(19)14-15-26(7)22(21)12-13-23(26)27/h9,11,16,20-22,28H,8,10,12-15H2,1-7H3/t20-,21-,22+,26+/m1/s1. The Bertz CT molecular complexity index is 833. The highest BCUT2D eigenvalue weighted by atomic mass is 28.4. The molecule has 3 aliphatic carbocycles. The number of rotatable bonds is 2. The molecule has 2 fully saturated rings. The van der Waals surface area contributed by atoms with Crippen LogP contribution < -0.4 is 4.43 Å². The van der Waals surface area contributed by atoms with Gasteiger partial charge >= 0.3 is 8.56 Å². The van der Waals surface area contributed by atoms with Crippen LogP contribution in [-0.4, -0.2) is 19.1 Å². The van der Waals surface area contributed by atoms with Gasteiger partial charge in [0.05, 0.1) is 0 Å². The van der Waals surface area contributed by atoms with Gasteiger partial charge in [-0.3, -0.25) is 4.79 Å². The van der Waals surface area contributed by atoms with Crippen molar-refractivity contribution in [1.29, 1.82) is 0 Å². The molecule has 4 atom stereocenters. The van der Waals surface area contributed by atoms with Crippen LogP contribution in [0.3, 0.4) is 0 Å². The van der Waals surface area contributed by atoms with Gasteiger partial charge in [0.25, 0.3) is 0 Å². The Morgan fingerprint density at radius 2 is 1.70 bits per heavy atom. The van der Waals surface area contributed by atoms with E-state index in [1.165, 1.54) is 17.5 Å². The quantitative estimate of drug-likeness (QED) is 0.545. The second-order valence-electron chi connectivity index (χ2n) is 12.4. The maximum absolute atomic E-state index is 12.6. The first-order valence-corrected chi connectivity index (χ1v) is 13.7. The number of carbonyl (C=O) groups is 1. The molecular weight excluding hydrogens is 388 g/mol. The summed E-state index contributed by atoms with van der Waals surface area (Å²) in [5.74, 6) is 3.11. The van der Waals surface area contributed by atoms with Gasteiger partial charge in [0.15, 0.2) is 0 Å². The SMILES string of the molecule is CC(C)(C)[Si](O)(Oc1ccc2c(c1)CC[C@@H]1[C@@H]2CC[C@]2(C)C(=O)CC[C@@H]12)C(C)(C)C. The molecule has 0 bridgehead atoms. The molecule has 166 valence electrons. The van der Waals surface area contributed by atoms with Crippen molar-refractivity contribution in [3.63, 3.8) is 0 Å². The third-order valence-corrected chi connectivity index (χ3v) is 13.3. The average Bonchev–Trinajstić information content (AvgIpc) is 2.94. The van der Waals surface area contributed by atoms with Gasteiger partial charge in [0.2, 0.25) is 0 Å². The molecule has 1 aromatic rings. The van der Waals surface area contributed by atoms with Crippen LogP contribution >= 0.6 is 0 Å². The summed E-state index contributed by atoms with van der Waals surface area (Å²) in [6.45, 7) is 14.8. The minimum atomic E-state index is -3.05. The first-order valence-electron chi connectivity index (χ1n) is 11.9. The van der Waals surface area contributed by atoms with Crippen molar-refractivity contribution in [1.82, 2.24) is 0 Å². The molecule has 0 radical (unpaired) electrons. The van der Waals surface area contributed by atoms with Crippen molar-refractivity contribution in [3.05, 3.63) is 29.3 Å². The molecule has 3 aliphatic rings. The van der Waals surface area contributed by atoms with Crippen molar-refractivity contribution in [2.45, 2.75) is 103 Å². The van der Waals surface area contributed by atoms with E-state index in [1.807, 2.05) is 0 Å². The molecule has 0 saturated heterocycles. The van der Waals surface area contributed by atoms with E-state index in [1.54, 1.807) is 0 Å². The molecule has 0 heterocycles. The smallest absolute Gasteiger partial charge is 0.407 e. The molecule has 30 heavy (non-hydrogen) atoms. The molecule has 0 aromatic heterocycles. The summed E-state index contributed by atoms with van der Waals surface area (Å²) in [4.78, 5) is 24.2. The molecule has 1 N–H and O–H groups in total. The normalized spacial score (nSPS) is 31.7. The minimum absolute atomic E-state index is 0.0662. The van der Waals surface area contributed by atoms with Crippen molar-refractivity contribution >= 4 is 14.3 Å². The van der Waals surface area contributed by atoms with Gasteiger partial charge < -0.3 is 9.22 Å². The Morgan fingerprint density at radius 1 is 1.03 bits per heavy atom. The number of Topliss-reactive ketones (excluding diaryl/α,β-unsaturated/α-hetero) is 1. The lowest BCUT2D eigenvalue weighted by Gasteiger charge is -2.48. The Balaban J connectivity index is 1.62. The van der Waals surface area contributed by atoms with Gasteiger partial charge in [-0.15, -0.1) is 0 Å². The zero-order chi connectivity index (χ0) is 22.1. The molecule has 0 unspecified atom stereocenters. The van der Waals surface area contributed by atoms with E-state index in [4.69, 9.17) is 4.43 Å². The highest BCUT2D eigenvalue weighted by molar-refractivity contribution is 6.72. The van der Waals surface area contributed by atoms with Crippen molar-refractivity contribution < 1.29 is 14.0 Å². The lowest BCUT2D eigenvalue weighted by molar-refractivity contribution is -0.129. The monoisotopic (exact) mass is 428 g/mol. The van der Waals surface area contributed by atoms with Gasteiger partial charge in [-0.05, 0) is 73.1 Å². The fourth-order valence-electron chi connectivity index (χ4n) is 6.99.